The summed E-state index contributed by atoms with van der Waals surface area (Å²) in [5, 5.41) is 10.9. The zero-order chi connectivity index (χ0) is 13.6. The van der Waals surface area contributed by atoms with Gasteiger partial charge in [0.05, 0.1) is 10.6 Å². The molecule has 1 unspecified atom stereocenters. The van der Waals surface area contributed by atoms with E-state index in [1.165, 1.54) is 5.56 Å². The molecule has 3 nitrogen and oxygen atoms in total. The first-order chi connectivity index (χ1) is 8.43. The van der Waals surface area contributed by atoms with Gasteiger partial charge in [-0.15, -0.1) is 11.8 Å². The maximum atomic E-state index is 9.77. The predicted molar refractivity (Wildman–Crippen MR) is 78.0 cm³/mol. The molecule has 0 saturated heterocycles. The minimum Gasteiger partial charge on any atom is -0.389 e. The van der Waals surface area contributed by atoms with Crippen LogP contribution in [0.15, 0.2) is 17.2 Å². The van der Waals surface area contributed by atoms with Gasteiger partial charge in [0.15, 0.2) is 0 Å². The van der Waals surface area contributed by atoms with Crippen LogP contribution in [0, 0.1) is 13.8 Å². The third-order valence-corrected chi connectivity index (χ3v) is 3.87. The van der Waals surface area contributed by atoms with Crippen molar-refractivity contribution in [3.63, 3.8) is 0 Å². The Morgan fingerprint density at radius 1 is 1.33 bits per heavy atom. The SMILES string of the molecule is Cc1cc(C)nc(SCCCCC(C)(O)CN)c1. The van der Waals surface area contributed by atoms with Crippen molar-refractivity contribution in [3.8, 4) is 0 Å². The van der Waals surface area contributed by atoms with Gasteiger partial charge < -0.3 is 10.8 Å². The molecular weight excluding hydrogens is 244 g/mol. The van der Waals surface area contributed by atoms with E-state index in [1.54, 1.807) is 18.7 Å². The van der Waals surface area contributed by atoms with Gasteiger partial charge in [0.2, 0.25) is 0 Å². The Morgan fingerprint density at radius 2 is 2.06 bits per heavy atom. The van der Waals surface area contributed by atoms with Crippen molar-refractivity contribution >= 4 is 11.8 Å². The van der Waals surface area contributed by atoms with Crippen LogP contribution in [0.25, 0.3) is 0 Å². The number of aliphatic hydroxyl groups is 1. The number of rotatable bonds is 7. The van der Waals surface area contributed by atoms with Gasteiger partial charge in [-0.3, -0.25) is 0 Å². The van der Waals surface area contributed by atoms with Crippen LogP contribution in [0.5, 0.6) is 0 Å². The van der Waals surface area contributed by atoms with E-state index >= 15 is 0 Å². The van der Waals surface area contributed by atoms with Crippen molar-refractivity contribution < 1.29 is 5.11 Å². The standard InChI is InChI=1S/C14H24N2OS/c1-11-8-12(2)16-13(9-11)18-7-5-4-6-14(3,17)10-15/h8-9,17H,4-7,10,15H2,1-3H3. The first-order valence-corrected chi connectivity index (χ1v) is 7.42. The van der Waals surface area contributed by atoms with E-state index in [0.717, 1.165) is 35.7 Å². The van der Waals surface area contributed by atoms with E-state index in [0.29, 0.717) is 6.54 Å². The van der Waals surface area contributed by atoms with E-state index in [9.17, 15) is 5.11 Å². The smallest absolute Gasteiger partial charge is 0.0965 e. The molecular formula is C14H24N2OS. The first kappa shape index (κ1) is 15.5. The number of hydrogen-bond acceptors (Lipinski definition) is 4. The summed E-state index contributed by atoms with van der Waals surface area (Å²) in [6, 6.07) is 4.20. The van der Waals surface area contributed by atoms with Crippen molar-refractivity contribution in [1.82, 2.24) is 4.98 Å². The molecule has 1 heterocycles. The van der Waals surface area contributed by atoms with Gasteiger partial charge in [0.1, 0.15) is 0 Å². The fourth-order valence-corrected chi connectivity index (χ4v) is 2.80. The first-order valence-electron chi connectivity index (χ1n) is 6.43. The van der Waals surface area contributed by atoms with E-state index in [1.807, 2.05) is 6.92 Å². The van der Waals surface area contributed by atoms with Crippen LogP contribution in [0.1, 0.15) is 37.4 Å². The topological polar surface area (TPSA) is 59.1 Å². The second kappa shape index (κ2) is 7.12. The van der Waals surface area contributed by atoms with Gasteiger partial charge in [-0.2, -0.15) is 0 Å². The number of nitrogens with zero attached hydrogens (tertiary/aromatic N) is 1. The summed E-state index contributed by atoms with van der Waals surface area (Å²) in [5.41, 5.74) is 7.11. The number of aromatic nitrogens is 1. The summed E-state index contributed by atoms with van der Waals surface area (Å²) in [6.07, 6.45) is 2.85. The predicted octanol–water partition coefficient (Wildman–Crippen LogP) is 2.67. The Balaban J connectivity index is 2.26. The number of nitrogens with two attached hydrogens (primary N) is 1. The molecule has 0 aliphatic heterocycles. The average Bonchev–Trinajstić information content (AvgIpc) is 2.27. The summed E-state index contributed by atoms with van der Waals surface area (Å²) in [5.74, 6) is 1.04. The highest BCUT2D eigenvalue weighted by Crippen LogP contribution is 2.20. The number of unbranched alkanes of at least 4 members (excludes halogenated alkanes) is 1. The molecule has 0 radical (unpaired) electrons. The van der Waals surface area contributed by atoms with E-state index in [4.69, 9.17) is 5.73 Å². The largest absolute Gasteiger partial charge is 0.389 e. The van der Waals surface area contributed by atoms with Crippen molar-refractivity contribution in [2.24, 2.45) is 5.73 Å². The van der Waals surface area contributed by atoms with Crippen LogP contribution in [-0.2, 0) is 0 Å². The number of thioether (sulfide) groups is 1. The maximum Gasteiger partial charge on any atom is 0.0965 e. The van der Waals surface area contributed by atoms with Crippen molar-refractivity contribution in [3.05, 3.63) is 23.4 Å². The molecule has 0 aliphatic rings. The fraction of sp³-hybridized carbons (Fsp3) is 0.643. The summed E-state index contributed by atoms with van der Waals surface area (Å²) in [7, 11) is 0. The summed E-state index contributed by atoms with van der Waals surface area (Å²) in [4.78, 5) is 4.49. The average molecular weight is 268 g/mol. The minimum atomic E-state index is -0.706. The number of aryl methyl sites for hydroxylation is 2. The Labute approximate surface area is 114 Å². The zero-order valence-electron chi connectivity index (χ0n) is 11.6. The molecule has 102 valence electrons. The van der Waals surface area contributed by atoms with Gasteiger partial charge in [-0.25, -0.2) is 4.98 Å². The Kier molecular flexibility index (Phi) is 6.12. The monoisotopic (exact) mass is 268 g/mol. The molecule has 3 N–H and O–H groups in total. The number of pyridine rings is 1. The molecule has 1 aromatic heterocycles. The Bertz CT molecular complexity index is 360. The van der Waals surface area contributed by atoms with Crippen LogP contribution >= 0.6 is 11.8 Å². The lowest BCUT2D eigenvalue weighted by Crippen LogP contribution is -2.33. The molecule has 0 aromatic carbocycles. The molecule has 1 rings (SSSR count). The highest BCUT2D eigenvalue weighted by atomic mass is 32.2. The highest BCUT2D eigenvalue weighted by molar-refractivity contribution is 7.99. The van der Waals surface area contributed by atoms with Gasteiger partial charge >= 0.3 is 0 Å². The fourth-order valence-electron chi connectivity index (χ4n) is 1.76. The van der Waals surface area contributed by atoms with E-state index < -0.39 is 5.60 Å². The second-order valence-corrected chi connectivity index (χ2v) is 6.25. The molecule has 0 bridgehead atoms. The second-order valence-electron chi connectivity index (χ2n) is 5.13. The highest BCUT2D eigenvalue weighted by Gasteiger charge is 2.16. The molecule has 0 aliphatic carbocycles. The van der Waals surface area contributed by atoms with Crippen molar-refractivity contribution in [2.45, 2.75) is 50.7 Å². The molecule has 1 aromatic rings. The maximum absolute atomic E-state index is 9.77. The Hall–Kier alpha value is -0.580. The van der Waals surface area contributed by atoms with E-state index in [-0.39, 0.29) is 0 Å². The van der Waals surface area contributed by atoms with Crippen LogP contribution < -0.4 is 5.73 Å². The number of hydrogen-bond donors (Lipinski definition) is 2. The molecule has 1 atom stereocenters. The van der Waals surface area contributed by atoms with Crippen molar-refractivity contribution in [2.75, 3.05) is 12.3 Å². The molecule has 0 saturated carbocycles. The van der Waals surface area contributed by atoms with Crippen LogP contribution in [0.3, 0.4) is 0 Å². The molecule has 4 heteroatoms. The molecule has 0 spiro atoms. The minimum absolute atomic E-state index is 0.332. The quantitative estimate of drug-likeness (QED) is 0.589. The Morgan fingerprint density at radius 3 is 2.67 bits per heavy atom. The van der Waals surface area contributed by atoms with E-state index in [2.05, 4.69) is 24.0 Å². The third-order valence-electron chi connectivity index (χ3n) is 2.87. The summed E-state index contributed by atoms with van der Waals surface area (Å²) in [6.45, 7) is 6.25. The third kappa shape index (κ3) is 5.85. The molecule has 0 amide bonds. The van der Waals surface area contributed by atoms with Gasteiger partial charge in [-0.05, 0) is 63.5 Å². The molecule has 18 heavy (non-hydrogen) atoms. The van der Waals surface area contributed by atoms with Gasteiger partial charge in [0, 0.05) is 12.2 Å². The van der Waals surface area contributed by atoms with Crippen LogP contribution in [-0.4, -0.2) is 28.0 Å². The van der Waals surface area contributed by atoms with Gasteiger partial charge in [0.25, 0.3) is 0 Å². The lowest BCUT2D eigenvalue weighted by molar-refractivity contribution is 0.0577. The van der Waals surface area contributed by atoms with Crippen molar-refractivity contribution in [1.29, 1.82) is 0 Å². The lowest BCUT2D eigenvalue weighted by Gasteiger charge is -2.20. The summed E-state index contributed by atoms with van der Waals surface area (Å²) >= 11 is 1.78. The normalized spacial score (nSPS) is 14.5. The van der Waals surface area contributed by atoms with Crippen LogP contribution in [0.4, 0.5) is 0 Å². The van der Waals surface area contributed by atoms with Gasteiger partial charge in [-0.1, -0.05) is 0 Å². The zero-order valence-corrected chi connectivity index (χ0v) is 12.4. The lowest BCUT2D eigenvalue weighted by atomic mass is 10.00. The molecule has 0 fully saturated rings. The van der Waals surface area contributed by atoms with Crippen LogP contribution in [0.2, 0.25) is 0 Å². The summed E-state index contributed by atoms with van der Waals surface area (Å²) < 4.78 is 0.